The van der Waals surface area contributed by atoms with Crippen LogP contribution in [0.4, 0.5) is 0 Å². The molecule has 0 aliphatic rings. The number of hydrazine groups is 1. The first-order valence-corrected chi connectivity index (χ1v) is 11.0. The lowest BCUT2D eigenvalue weighted by molar-refractivity contribution is -0.127. The van der Waals surface area contributed by atoms with Gasteiger partial charge in [-0.15, -0.1) is 0 Å². The van der Waals surface area contributed by atoms with Crippen LogP contribution >= 0.6 is 0 Å². The molecule has 1 heterocycles. The van der Waals surface area contributed by atoms with Crippen LogP contribution in [0.25, 0.3) is 6.08 Å². The normalized spacial score (nSPS) is 11.8. The number of hydrogen-bond donors (Lipinski definition) is 2. The number of carbonyl (C=O) groups excluding carboxylic acids is 2. The summed E-state index contributed by atoms with van der Waals surface area (Å²) in [5.41, 5.74) is 6.93. The van der Waals surface area contributed by atoms with Gasteiger partial charge in [-0.3, -0.25) is 25.1 Å². The number of nitrogens with one attached hydrogen (secondary N) is 2. The summed E-state index contributed by atoms with van der Waals surface area (Å²) >= 11 is 0. The maximum atomic E-state index is 12.5. The highest BCUT2D eigenvalue weighted by molar-refractivity contribution is 7.89. The number of aromatic nitrogens is 2. The Bertz CT molecular complexity index is 1020. The summed E-state index contributed by atoms with van der Waals surface area (Å²) in [7, 11) is -3.52. The predicted octanol–water partition coefficient (Wildman–Crippen LogP) is 1.39. The fourth-order valence-electron chi connectivity index (χ4n) is 2.82. The van der Waals surface area contributed by atoms with Gasteiger partial charge in [-0.1, -0.05) is 26.0 Å². The number of rotatable bonds is 8. The minimum Gasteiger partial charge on any atom is -0.271 e. The molecule has 0 spiro atoms. The van der Waals surface area contributed by atoms with E-state index in [4.69, 9.17) is 0 Å². The van der Waals surface area contributed by atoms with Gasteiger partial charge in [-0.05, 0) is 43.7 Å². The summed E-state index contributed by atoms with van der Waals surface area (Å²) in [5.74, 6) is -0.925. The number of nitrogens with zero attached hydrogens (tertiary/aromatic N) is 3. The molecule has 0 saturated carbocycles. The Hall–Kier alpha value is -2.98. The highest BCUT2D eigenvalue weighted by atomic mass is 32.2. The van der Waals surface area contributed by atoms with Crippen molar-refractivity contribution in [2.24, 2.45) is 0 Å². The quantitative estimate of drug-likeness (QED) is 0.482. The second-order valence-corrected chi connectivity index (χ2v) is 8.55. The first kappa shape index (κ1) is 23.3. The molecule has 2 amide bonds. The van der Waals surface area contributed by atoms with Crippen molar-refractivity contribution in [2.75, 3.05) is 13.1 Å². The Morgan fingerprint density at radius 3 is 2.27 bits per heavy atom. The van der Waals surface area contributed by atoms with Gasteiger partial charge in [0.25, 0.3) is 11.8 Å². The number of amides is 2. The Morgan fingerprint density at radius 1 is 1.10 bits per heavy atom. The van der Waals surface area contributed by atoms with Crippen LogP contribution in [-0.4, -0.2) is 47.4 Å². The van der Waals surface area contributed by atoms with Crippen molar-refractivity contribution in [3.8, 4) is 0 Å². The van der Waals surface area contributed by atoms with Crippen molar-refractivity contribution in [1.82, 2.24) is 24.9 Å². The summed E-state index contributed by atoms with van der Waals surface area (Å²) in [6.07, 6.45) is 2.77. The molecule has 0 bridgehead atoms. The van der Waals surface area contributed by atoms with Crippen LogP contribution in [0.5, 0.6) is 0 Å². The molecule has 1 aromatic carbocycles. The minimum atomic E-state index is -3.52. The van der Waals surface area contributed by atoms with Crippen molar-refractivity contribution in [1.29, 1.82) is 0 Å². The molecule has 0 aliphatic carbocycles. The molecule has 1 aromatic heterocycles. The number of sulfonamides is 1. The van der Waals surface area contributed by atoms with Crippen molar-refractivity contribution in [3.63, 3.8) is 0 Å². The van der Waals surface area contributed by atoms with Crippen LogP contribution in [0.1, 0.15) is 30.8 Å². The third-order valence-corrected chi connectivity index (χ3v) is 6.44. The van der Waals surface area contributed by atoms with Gasteiger partial charge < -0.3 is 0 Å². The maximum Gasteiger partial charge on any atom is 0.262 e. The fraction of sp³-hybridized carbons (Fsp3) is 0.350. The average Bonchev–Trinajstić information content (AvgIpc) is 3.02. The Morgan fingerprint density at radius 2 is 1.73 bits per heavy atom. The highest BCUT2D eigenvalue weighted by Gasteiger charge is 2.20. The van der Waals surface area contributed by atoms with E-state index in [2.05, 4.69) is 16.0 Å². The van der Waals surface area contributed by atoms with Crippen LogP contribution in [0, 0.1) is 13.8 Å². The Kier molecular flexibility index (Phi) is 7.90. The van der Waals surface area contributed by atoms with E-state index in [0.29, 0.717) is 18.7 Å². The van der Waals surface area contributed by atoms with Crippen LogP contribution in [0.3, 0.4) is 0 Å². The fourth-order valence-corrected chi connectivity index (χ4v) is 4.28. The van der Waals surface area contributed by atoms with E-state index < -0.39 is 21.8 Å². The molecule has 2 aromatic rings. The third kappa shape index (κ3) is 6.01. The molecule has 0 radical (unpaired) electrons. The van der Waals surface area contributed by atoms with Crippen LogP contribution in [0.15, 0.2) is 41.3 Å². The lowest BCUT2D eigenvalue weighted by Crippen LogP contribution is -2.42. The molecule has 0 saturated heterocycles. The number of hydrogen-bond acceptors (Lipinski definition) is 5. The molecule has 0 fully saturated rings. The van der Waals surface area contributed by atoms with Gasteiger partial charge in [0.15, 0.2) is 0 Å². The largest absolute Gasteiger partial charge is 0.271 e. The first-order valence-electron chi connectivity index (χ1n) is 9.55. The molecule has 2 rings (SSSR count). The maximum absolute atomic E-state index is 12.5. The lowest BCUT2D eigenvalue weighted by atomic mass is 10.2. The smallest absolute Gasteiger partial charge is 0.262 e. The van der Waals surface area contributed by atoms with Gasteiger partial charge in [-0.2, -0.15) is 9.40 Å². The van der Waals surface area contributed by atoms with Crippen LogP contribution in [-0.2, 0) is 26.2 Å². The molecule has 0 atom stereocenters. The molecule has 10 heteroatoms. The number of aryl methyl sites for hydroxylation is 2. The highest BCUT2D eigenvalue weighted by Crippen LogP contribution is 2.16. The van der Waals surface area contributed by atoms with Crippen LogP contribution in [0.2, 0.25) is 0 Å². The third-order valence-electron chi connectivity index (χ3n) is 4.37. The molecular weight excluding hydrogens is 406 g/mol. The SMILES string of the molecule is CCN(CC)S(=O)(=O)c1ccc(/C=C/C(=O)NNC(=O)Cn2nc(C)cc2C)cc1. The summed E-state index contributed by atoms with van der Waals surface area (Å²) in [5, 5.41) is 4.18. The van der Waals surface area contributed by atoms with Crippen molar-refractivity contribution in [2.45, 2.75) is 39.1 Å². The number of carbonyl (C=O) groups is 2. The van der Waals surface area contributed by atoms with Gasteiger partial charge in [0.1, 0.15) is 6.54 Å². The second kappa shape index (κ2) is 10.2. The van der Waals surface area contributed by atoms with Gasteiger partial charge in [0.05, 0.1) is 10.6 Å². The first-order chi connectivity index (χ1) is 14.2. The average molecular weight is 434 g/mol. The molecule has 0 aliphatic heterocycles. The zero-order chi connectivity index (χ0) is 22.3. The second-order valence-electron chi connectivity index (χ2n) is 6.61. The summed E-state index contributed by atoms with van der Waals surface area (Å²) in [6, 6.07) is 8.08. The van der Waals surface area contributed by atoms with E-state index in [9.17, 15) is 18.0 Å². The van der Waals surface area contributed by atoms with E-state index in [-0.39, 0.29) is 11.4 Å². The zero-order valence-corrected chi connectivity index (χ0v) is 18.4. The Balaban J connectivity index is 1.90. The van der Waals surface area contributed by atoms with E-state index in [1.54, 1.807) is 30.7 Å². The molecule has 9 nitrogen and oxygen atoms in total. The molecule has 0 unspecified atom stereocenters. The van der Waals surface area contributed by atoms with Gasteiger partial charge in [0, 0.05) is 24.9 Å². The monoisotopic (exact) mass is 433 g/mol. The minimum absolute atomic E-state index is 0.00780. The van der Waals surface area contributed by atoms with E-state index in [1.165, 1.54) is 28.6 Å². The molecule has 30 heavy (non-hydrogen) atoms. The summed E-state index contributed by atoms with van der Waals surface area (Å²) in [4.78, 5) is 24.0. The summed E-state index contributed by atoms with van der Waals surface area (Å²) in [6.45, 7) is 8.02. The van der Waals surface area contributed by atoms with Crippen molar-refractivity contribution >= 4 is 27.9 Å². The van der Waals surface area contributed by atoms with Gasteiger partial charge >= 0.3 is 0 Å². The zero-order valence-electron chi connectivity index (χ0n) is 17.5. The molecular formula is C20H27N5O4S. The van der Waals surface area contributed by atoms with Crippen molar-refractivity contribution < 1.29 is 18.0 Å². The topological polar surface area (TPSA) is 113 Å². The van der Waals surface area contributed by atoms with Gasteiger partial charge in [-0.25, -0.2) is 8.42 Å². The Labute approximate surface area is 176 Å². The van der Waals surface area contributed by atoms with E-state index in [1.807, 2.05) is 19.9 Å². The van der Waals surface area contributed by atoms with E-state index >= 15 is 0 Å². The van der Waals surface area contributed by atoms with E-state index in [0.717, 1.165) is 11.4 Å². The lowest BCUT2D eigenvalue weighted by Gasteiger charge is -2.18. The predicted molar refractivity (Wildman–Crippen MR) is 114 cm³/mol. The molecule has 2 N–H and O–H groups in total. The summed E-state index contributed by atoms with van der Waals surface area (Å²) < 4.78 is 27.9. The standard InChI is InChI=1S/C20H27N5O4S/c1-5-24(6-2)30(28,29)18-10-7-17(8-11-18)9-12-19(26)21-22-20(27)14-25-16(4)13-15(3)23-25/h7-13H,5-6,14H2,1-4H3,(H,21,26)(H,22,27)/b12-9+. The van der Waals surface area contributed by atoms with Gasteiger partial charge in [0.2, 0.25) is 10.0 Å². The van der Waals surface area contributed by atoms with Crippen molar-refractivity contribution in [3.05, 3.63) is 53.4 Å². The van der Waals surface area contributed by atoms with Crippen LogP contribution < -0.4 is 10.9 Å². The number of benzene rings is 1. The molecule has 162 valence electrons.